The molecule has 378 valence electrons. The van der Waals surface area contributed by atoms with Crippen LogP contribution in [0.1, 0.15) is 21.0 Å². The summed E-state index contributed by atoms with van der Waals surface area (Å²) in [5.41, 5.74) is 3.46. The van der Waals surface area contributed by atoms with Crippen molar-refractivity contribution >= 4 is 81.9 Å². The van der Waals surface area contributed by atoms with E-state index in [0.717, 1.165) is 0 Å². The highest BCUT2D eigenvalue weighted by Gasteiger charge is 2.37. The van der Waals surface area contributed by atoms with Crippen LogP contribution in [-0.4, -0.2) is 62.0 Å². The Balaban J connectivity index is 0.987. The van der Waals surface area contributed by atoms with E-state index in [1.54, 1.807) is 206 Å². The van der Waals surface area contributed by atoms with Gasteiger partial charge >= 0.3 is 11.9 Å². The molecule has 2 atom stereocenters. The fourth-order valence-electron chi connectivity index (χ4n) is 8.90. The average Bonchev–Trinajstić information content (AvgIpc) is 3.70. The molecule has 3 aromatic carbocycles. The van der Waals surface area contributed by atoms with Gasteiger partial charge in [0.1, 0.15) is 44.0 Å². The summed E-state index contributed by atoms with van der Waals surface area (Å²) in [6.07, 6.45) is 0. The van der Waals surface area contributed by atoms with Crippen molar-refractivity contribution in [2.75, 3.05) is 0 Å². The van der Waals surface area contributed by atoms with Crippen LogP contribution in [0.5, 0.6) is 0 Å². The van der Waals surface area contributed by atoms with E-state index >= 15 is 13.7 Å². The van der Waals surface area contributed by atoms with Gasteiger partial charge in [-0.15, -0.1) is 0 Å². The Labute approximate surface area is 446 Å². The number of rotatable bonds is 15. The maximum atomic E-state index is 16.2. The van der Waals surface area contributed by atoms with Gasteiger partial charge in [-0.1, -0.05) is 140 Å². The Morgan fingerprint density at radius 2 is 0.436 bits per heavy atom. The van der Waals surface area contributed by atoms with Crippen LogP contribution in [0.2, 0.25) is 0 Å². The molecule has 2 unspecified atom stereocenters. The van der Waals surface area contributed by atoms with Gasteiger partial charge in [0.05, 0.1) is 45.6 Å². The molecule has 78 heavy (non-hydrogen) atoms. The fourth-order valence-corrected chi connectivity index (χ4v) is 16.2. The lowest BCUT2D eigenvalue weighted by molar-refractivity contribution is 0.0680. The van der Waals surface area contributed by atoms with E-state index < -0.39 is 33.4 Å². The van der Waals surface area contributed by atoms with E-state index in [1.807, 2.05) is 18.2 Å². The smallest absolute Gasteiger partial charge is 0.354 e. The highest BCUT2D eigenvalue weighted by molar-refractivity contribution is 7.85. The predicted octanol–water partition coefficient (Wildman–Crippen LogP) is 7.83. The van der Waals surface area contributed by atoms with Crippen molar-refractivity contribution in [1.29, 1.82) is 0 Å². The number of hydrogen-bond acceptors (Lipinski definition) is 13. The van der Waals surface area contributed by atoms with Crippen molar-refractivity contribution < 1.29 is 33.5 Å². The summed E-state index contributed by atoms with van der Waals surface area (Å²) in [5.74, 6) is -2.39. The lowest BCUT2D eigenvalue weighted by atomic mass is 10.2. The standard InChI is InChI=1S/C60H41N8O7P3/c69-59(70)51-32-10-24-43(61-51)45-26-12-34-53(63-45)76(73,40-18-4-1-5-19-40)55-36-14-28-47(65-55)49-30-16-38-57(67-49)78(75,42-22-8-3-9-23-42)58-39-17-31-50(68-58)48-29-15-37-56(66-48)77(74,41-20-6-2-7-21-41)54-35-13-27-46(64-54)44-25-11-33-52(62-44)60(71)72/h1-39H,(H,69,70)(H,71,72). The molecule has 0 aliphatic rings. The lowest BCUT2D eigenvalue weighted by Gasteiger charge is -2.21. The molecular weight excluding hydrogens is 1040 g/mol. The van der Waals surface area contributed by atoms with E-state index in [4.69, 9.17) is 29.9 Å². The SMILES string of the molecule is O=C(O)c1cccc(-c2cccc(P(=O)(c3ccccc3)c3cccc(-c4cccc(P(=O)(c5ccccc5)c5cccc(-c6cccc(P(=O)(c7ccccc7)c7cccc(-c8cccc(C(=O)O)n8)n7)n6)n5)n4)n3)n2)n1. The summed E-state index contributed by atoms with van der Waals surface area (Å²) in [6.45, 7) is 0. The normalized spacial score (nSPS) is 13.5. The minimum atomic E-state index is -3.93. The zero-order valence-corrected chi connectivity index (χ0v) is 43.6. The van der Waals surface area contributed by atoms with Crippen molar-refractivity contribution in [2.24, 2.45) is 0 Å². The Bertz CT molecular complexity index is 4000. The minimum absolute atomic E-state index is 0.161. The van der Waals surface area contributed by atoms with Crippen LogP contribution >= 0.6 is 21.4 Å². The number of hydrogen-bond donors (Lipinski definition) is 2. The van der Waals surface area contributed by atoms with Crippen LogP contribution in [0.4, 0.5) is 0 Å². The molecule has 0 aliphatic carbocycles. The maximum Gasteiger partial charge on any atom is 0.354 e. The van der Waals surface area contributed by atoms with E-state index in [-0.39, 0.29) is 44.0 Å². The number of carboxylic acids is 2. The summed E-state index contributed by atoms with van der Waals surface area (Å²) in [7, 11) is -11.6. The number of benzene rings is 3. The monoisotopic (exact) mass is 1080 g/mol. The molecule has 8 aromatic heterocycles. The molecule has 0 fully saturated rings. The molecule has 2 N–H and O–H groups in total. The first-order valence-corrected chi connectivity index (χ1v) is 29.3. The highest BCUT2D eigenvalue weighted by Crippen LogP contribution is 2.45. The van der Waals surface area contributed by atoms with E-state index in [9.17, 15) is 19.8 Å². The number of aromatic carboxylic acids is 2. The van der Waals surface area contributed by atoms with Crippen LogP contribution < -0.4 is 48.5 Å². The minimum Gasteiger partial charge on any atom is -0.477 e. The summed E-state index contributed by atoms with van der Waals surface area (Å²) in [5, 5.41) is 20.7. The van der Waals surface area contributed by atoms with Gasteiger partial charge < -0.3 is 23.9 Å². The first-order chi connectivity index (χ1) is 37.9. The number of pyridine rings is 8. The Morgan fingerprint density at radius 3 is 0.641 bits per heavy atom. The molecule has 8 heterocycles. The average molecular weight is 1080 g/mol. The molecule has 15 nitrogen and oxygen atoms in total. The second-order valence-electron chi connectivity index (χ2n) is 17.5. The quantitative estimate of drug-likeness (QED) is 0.0933. The summed E-state index contributed by atoms with van der Waals surface area (Å²) in [6, 6.07) is 66.4. The van der Waals surface area contributed by atoms with Crippen LogP contribution in [0.25, 0.3) is 45.6 Å². The van der Waals surface area contributed by atoms with Gasteiger partial charge in [0.25, 0.3) is 0 Å². The van der Waals surface area contributed by atoms with Gasteiger partial charge in [-0.2, -0.15) is 0 Å². The van der Waals surface area contributed by atoms with Crippen molar-refractivity contribution in [3.8, 4) is 45.6 Å². The summed E-state index contributed by atoms with van der Waals surface area (Å²) >= 11 is 0. The fraction of sp³-hybridized carbons (Fsp3) is 0. The molecule has 0 saturated carbocycles. The van der Waals surface area contributed by atoms with Gasteiger partial charge in [0.2, 0.25) is 21.4 Å². The first-order valence-electron chi connectivity index (χ1n) is 24.2. The van der Waals surface area contributed by atoms with Crippen molar-refractivity contribution in [1.82, 2.24) is 39.9 Å². The Morgan fingerprint density at radius 1 is 0.244 bits per heavy atom. The number of aromatic nitrogens is 8. The van der Waals surface area contributed by atoms with Crippen LogP contribution in [0, 0.1) is 0 Å². The third-order valence-corrected chi connectivity index (χ3v) is 21.1. The van der Waals surface area contributed by atoms with Gasteiger partial charge in [-0.05, 0) is 97.1 Å². The van der Waals surface area contributed by atoms with E-state index in [2.05, 4.69) is 9.97 Å². The predicted molar refractivity (Wildman–Crippen MR) is 303 cm³/mol. The van der Waals surface area contributed by atoms with Crippen LogP contribution in [0.15, 0.2) is 237 Å². The second kappa shape index (κ2) is 21.3. The van der Waals surface area contributed by atoms with Gasteiger partial charge in [-0.25, -0.2) is 49.5 Å². The zero-order valence-electron chi connectivity index (χ0n) is 40.9. The molecular formula is C60H41N8O7P3. The van der Waals surface area contributed by atoms with Crippen LogP contribution in [-0.2, 0) is 13.7 Å². The van der Waals surface area contributed by atoms with E-state index in [0.29, 0.717) is 61.5 Å². The molecule has 18 heteroatoms. The van der Waals surface area contributed by atoms with Crippen molar-refractivity contribution in [3.05, 3.63) is 248 Å². The Hall–Kier alpha value is -9.51. The van der Waals surface area contributed by atoms with Gasteiger partial charge in [0, 0.05) is 15.9 Å². The highest BCUT2D eigenvalue weighted by atomic mass is 31.2. The molecule has 0 amide bonds. The number of carbonyl (C=O) groups is 2. The lowest BCUT2D eigenvalue weighted by Crippen LogP contribution is -2.30. The largest absolute Gasteiger partial charge is 0.477 e. The molecule has 11 rings (SSSR count). The maximum absolute atomic E-state index is 16.2. The first kappa shape index (κ1) is 50.6. The molecule has 0 spiro atoms. The van der Waals surface area contributed by atoms with E-state index in [1.165, 1.54) is 12.1 Å². The zero-order chi connectivity index (χ0) is 53.9. The van der Waals surface area contributed by atoms with Crippen molar-refractivity contribution in [3.63, 3.8) is 0 Å². The third kappa shape index (κ3) is 9.58. The molecule has 0 radical (unpaired) electrons. The van der Waals surface area contributed by atoms with Crippen LogP contribution in [0.3, 0.4) is 0 Å². The van der Waals surface area contributed by atoms with Gasteiger partial charge in [-0.3, -0.25) is 0 Å². The summed E-state index contributed by atoms with van der Waals surface area (Å²) < 4.78 is 48.0. The topological polar surface area (TPSA) is 229 Å². The summed E-state index contributed by atoms with van der Waals surface area (Å²) in [4.78, 5) is 61.9. The second-order valence-corrected chi connectivity index (χ2v) is 25.5. The van der Waals surface area contributed by atoms with Crippen molar-refractivity contribution in [2.45, 2.75) is 0 Å². The molecule has 0 aliphatic heterocycles. The third-order valence-electron chi connectivity index (χ3n) is 12.7. The van der Waals surface area contributed by atoms with Gasteiger partial charge in [0.15, 0.2) is 0 Å². The molecule has 0 bridgehead atoms. The Kier molecular flexibility index (Phi) is 13.8. The molecule has 0 saturated heterocycles. The number of carboxylic acid groups (broad SMARTS) is 2. The number of nitrogens with zero attached hydrogens (tertiary/aromatic N) is 8. The molecule has 11 aromatic rings.